The number of carbonyl (C=O) groups is 1. The Morgan fingerprint density at radius 2 is 1.89 bits per heavy atom. The normalized spacial score (nSPS) is 19.3. The SMILES string of the molecule is CN1CCCN(c2nc3c(c(N4CC(C(=O)NC(C)(C)c5cnc6ccccn56)C4)n2)CCC3)CC1. The second-order valence-corrected chi connectivity index (χ2v) is 11.1. The minimum atomic E-state index is -0.526. The number of anilines is 2. The summed E-state index contributed by atoms with van der Waals surface area (Å²) < 4.78 is 2.04. The molecular formula is C27H36N8O. The molecule has 3 aromatic heterocycles. The van der Waals surface area contributed by atoms with Crippen molar-refractivity contribution in [2.75, 3.05) is 56.1 Å². The van der Waals surface area contributed by atoms with Crippen LogP contribution in [0.4, 0.5) is 11.8 Å². The molecule has 0 saturated carbocycles. The van der Waals surface area contributed by atoms with Gasteiger partial charge in [-0.15, -0.1) is 0 Å². The lowest BCUT2D eigenvalue weighted by molar-refractivity contribution is -0.127. The monoisotopic (exact) mass is 488 g/mol. The van der Waals surface area contributed by atoms with E-state index in [0.717, 1.165) is 75.0 Å². The summed E-state index contributed by atoms with van der Waals surface area (Å²) in [7, 11) is 2.18. The van der Waals surface area contributed by atoms with Crippen LogP contribution in [0.5, 0.6) is 0 Å². The lowest BCUT2D eigenvalue weighted by atomic mass is 9.94. The number of nitrogens with one attached hydrogen (secondary N) is 1. The maximum atomic E-state index is 13.3. The Balaban J connectivity index is 1.16. The largest absolute Gasteiger partial charge is 0.354 e. The van der Waals surface area contributed by atoms with Gasteiger partial charge in [0.15, 0.2) is 0 Å². The Hall–Kier alpha value is -3.20. The van der Waals surface area contributed by atoms with Crippen molar-refractivity contribution < 1.29 is 4.79 Å². The highest BCUT2D eigenvalue weighted by atomic mass is 16.2. The van der Waals surface area contributed by atoms with Crippen LogP contribution >= 0.6 is 0 Å². The van der Waals surface area contributed by atoms with E-state index < -0.39 is 5.54 Å². The summed E-state index contributed by atoms with van der Waals surface area (Å²) in [4.78, 5) is 34.8. The Bertz CT molecular complexity index is 1280. The molecule has 3 aliphatic rings. The zero-order chi connectivity index (χ0) is 24.9. The standard InChI is InChI=1S/C27H36N8O/c1-27(2,22-16-28-23-10-4-5-13-35(22)23)31-25(36)19-17-34(18-19)24-20-8-6-9-21(20)29-26(30-24)33-12-7-11-32(3)14-15-33/h4-5,10,13,16,19H,6-9,11-12,14-15,17-18H2,1-3H3,(H,31,36). The second kappa shape index (κ2) is 9.03. The van der Waals surface area contributed by atoms with Gasteiger partial charge in [-0.25, -0.2) is 9.97 Å². The predicted octanol–water partition coefficient (Wildman–Crippen LogP) is 2.24. The fourth-order valence-corrected chi connectivity index (χ4v) is 5.74. The van der Waals surface area contributed by atoms with Crippen LogP contribution in [0.15, 0.2) is 30.6 Å². The zero-order valence-electron chi connectivity index (χ0n) is 21.6. The first kappa shape index (κ1) is 23.2. The molecule has 0 unspecified atom stereocenters. The summed E-state index contributed by atoms with van der Waals surface area (Å²) >= 11 is 0. The summed E-state index contributed by atoms with van der Waals surface area (Å²) in [5, 5.41) is 3.28. The van der Waals surface area contributed by atoms with Crippen molar-refractivity contribution in [2.45, 2.75) is 45.1 Å². The molecule has 2 saturated heterocycles. The molecule has 9 nitrogen and oxygen atoms in total. The van der Waals surface area contributed by atoms with Crippen LogP contribution in [0, 0.1) is 5.92 Å². The Labute approximate surface area is 212 Å². The molecule has 190 valence electrons. The van der Waals surface area contributed by atoms with Gasteiger partial charge in [0.05, 0.1) is 29.0 Å². The third kappa shape index (κ3) is 4.19. The summed E-state index contributed by atoms with van der Waals surface area (Å²) in [6.07, 6.45) is 8.16. The van der Waals surface area contributed by atoms with Gasteiger partial charge in [0.2, 0.25) is 11.9 Å². The molecule has 6 rings (SSSR count). The smallest absolute Gasteiger partial charge is 0.227 e. The first-order valence-electron chi connectivity index (χ1n) is 13.2. The van der Waals surface area contributed by atoms with Crippen molar-refractivity contribution in [3.63, 3.8) is 0 Å². The van der Waals surface area contributed by atoms with Gasteiger partial charge >= 0.3 is 0 Å². The van der Waals surface area contributed by atoms with E-state index in [-0.39, 0.29) is 11.8 Å². The van der Waals surface area contributed by atoms with Gasteiger partial charge in [-0.05, 0) is 65.3 Å². The third-order valence-corrected chi connectivity index (χ3v) is 7.95. The fraction of sp³-hybridized carbons (Fsp3) is 0.556. The third-order valence-electron chi connectivity index (χ3n) is 7.95. The molecule has 0 aromatic carbocycles. The van der Waals surface area contributed by atoms with Crippen molar-refractivity contribution in [1.29, 1.82) is 0 Å². The Kier molecular flexibility index (Phi) is 5.82. The van der Waals surface area contributed by atoms with Gasteiger partial charge in [0.25, 0.3) is 0 Å². The average molecular weight is 489 g/mol. The van der Waals surface area contributed by atoms with Crippen molar-refractivity contribution in [1.82, 2.24) is 29.6 Å². The number of fused-ring (bicyclic) bond motifs is 2. The number of hydrogen-bond donors (Lipinski definition) is 1. The predicted molar refractivity (Wildman–Crippen MR) is 140 cm³/mol. The number of likely N-dealkylation sites (N-methyl/N-ethyl adjacent to an activating group) is 1. The van der Waals surface area contributed by atoms with Crippen LogP contribution in [0.3, 0.4) is 0 Å². The number of aromatic nitrogens is 4. The van der Waals surface area contributed by atoms with Gasteiger partial charge in [0, 0.05) is 44.5 Å². The van der Waals surface area contributed by atoms with E-state index in [2.05, 4.69) is 32.0 Å². The van der Waals surface area contributed by atoms with E-state index in [1.165, 1.54) is 11.3 Å². The molecule has 36 heavy (non-hydrogen) atoms. The molecule has 3 aromatic rings. The molecule has 0 bridgehead atoms. The molecule has 5 heterocycles. The first-order chi connectivity index (χ1) is 17.4. The maximum absolute atomic E-state index is 13.3. The van der Waals surface area contributed by atoms with E-state index in [0.29, 0.717) is 13.1 Å². The summed E-state index contributed by atoms with van der Waals surface area (Å²) in [5.74, 6) is 1.95. The molecule has 1 N–H and O–H groups in total. The maximum Gasteiger partial charge on any atom is 0.227 e. The number of nitrogens with zero attached hydrogens (tertiary/aromatic N) is 7. The van der Waals surface area contributed by atoms with Crippen LogP contribution in [0.1, 0.15) is 43.6 Å². The van der Waals surface area contributed by atoms with E-state index in [1.807, 2.05) is 48.8 Å². The zero-order valence-corrected chi connectivity index (χ0v) is 21.6. The number of rotatable bonds is 5. The molecule has 1 amide bonds. The van der Waals surface area contributed by atoms with Gasteiger partial charge in [-0.2, -0.15) is 4.98 Å². The van der Waals surface area contributed by atoms with Crippen molar-refractivity contribution in [3.05, 3.63) is 47.5 Å². The average Bonchev–Trinajstić information content (AvgIpc) is 3.42. The molecule has 2 fully saturated rings. The second-order valence-electron chi connectivity index (χ2n) is 11.1. The van der Waals surface area contributed by atoms with Crippen molar-refractivity contribution in [3.8, 4) is 0 Å². The summed E-state index contributed by atoms with van der Waals surface area (Å²) in [6, 6.07) is 5.93. The van der Waals surface area contributed by atoms with Crippen LogP contribution in [0.2, 0.25) is 0 Å². The van der Waals surface area contributed by atoms with Crippen LogP contribution in [-0.4, -0.2) is 76.5 Å². The quantitative estimate of drug-likeness (QED) is 0.590. The highest BCUT2D eigenvalue weighted by Crippen LogP contribution is 2.35. The van der Waals surface area contributed by atoms with E-state index >= 15 is 0 Å². The molecule has 0 spiro atoms. The summed E-state index contributed by atoms with van der Waals surface area (Å²) in [6.45, 7) is 9.57. The lowest BCUT2D eigenvalue weighted by Crippen LogP contribution is -2.57. The number of imidazole rings is 1. The molecular weight excluding hydrogens is 452 g/mol. The van der Waals surface area contributed by atoms with Gasteiger partial charge in [-0.1, -0.05) is 6.07 Å². The molecule has 9 heteroatoms. The van der Waals surface area contributed by atoms with Gasteiger partial charge in [-0.3, -0.25) is 4.79 Å². The van der Waals surface area contributed by atoms with Crippen molar-refractivity contribution >= 4 is 23.3 Å². The Morgan fingerprint density at radius 3 is 2.75 bits per heavy atom. The minimum absolute atomic E-state index is 0.0502. The van der Waals surface area contributed by atoms with Crippen LogP contribution in [0.25, 0.3) is 5.65 Å². The highest BCUT2D eigenvalue weighted by molar-refractivity contribution is 5.83. The van der Waals surface area contributed by atoms with Crippen LogP contribution in [-0.2, 0) is 23.2 Å². The number of amides is 1. The minimum Gasteiger partial charge on any atom is -0.354 e. The molecule has 1 aliphatic carbocycles. The van der Waals surface area contributed by atoms with E-state index in [1.54, 1.807) is 0 Å². The topological polar surface area (TPSA) is 81.9 Å². The summed E-state index contributed by atoms with van der Waals surface area (Å²) in [5.41, 5.74) is 3.82. The highest BCUT2D eigenvalue weighted by Gasteiger charge is 2.39. The van der Waals surface area contributed by atoms with Gasteiger partial charge < -0.3 is 24.4 Å². The van der Waals surface area contributed by atoms with Gasteiger partial charge in [0.1, 0.15) is 11.5 Å². The molecule has 0 atom stereocenters. The number of carbonyl (C=O) groups excluding carboxylic acids is 1. The number of hydrogen-bond acceptors (Lipinski definition) is 7. The van der Waals surface area contributed by atoms with Crippen LogP contribution < -0.4 is 15.1 Å². The lowest BCUT2D eigenvalue weighted by Gasteiger charge is -2.41. The first-order valence-corrected chi connectivity index (χ1v) is 13.2. The van der Waals surface area contributed by atoms with E-state index in [9.17, 15) is 4.79 Å². The number of aryl methyl sites for hydroxylation is 1. The van der Waals surface area contributed by atoms with Crippen molar-refractivity contribution in [2.24, 2.45) is 5.92 Å². The molecule has 2 aliphatic heterocycles. The fourth-order valence-electron chi connectivity index (χ4n) is 5.74. The van der Waals surface area contributed by atoms with E-state index in [4.69, 9.17) is 9.97 Å². The molecule has 0 radical (unpaired) electrons. The Morgan fingerprint density at radius 1 is 1.03 bits per heavy atom. The number of pyridine rings is 1.